The Kier molecular flexibility index (Phi) is 4.77. The molecule has 2 aromatic rings. The number of carbonyl (C=O) groups is 4. The van der Waals surface area contributed by atoms with Gasteiger partial charge in [-0.3, -0.25) is 19.2 Å². The summed E-state index contributed by atoms with van der Waals surface area (Å²) < 4.78 is 115. The number of hydrogen-bond acceptors (Lipinski definition) is 9. The first-order valence-electron chi connectivity index (χ1n) is 15.5. The van der Waals surface area contributed by atoms with Crippen molar-refractivity contribution < 1.29 is 49.6 Å². The highest BCUT2D eigenvalue weighted by Crippen LogP contribution is 2.20. The summed E-state index contributed by atoms with van der Waals surface area (Å²) >= 11 is 11.2. The fraction of sp³-hybridized carbons (Fsp3) is 0.238. The highest BCUT2D eigenvalue weighted by Gasteiger charge is 2.20. The minimum Gasteiger partial charge on any atom is -0.480 e. The second-order valence-corrected chi connectivity index (χ2v) is 6.14. The van der Waals surface area contributed by atoms with Gasteiger partial charge in [-0.2, -0.15) is 0 Å². The number of halogens is 2. The number of carbonyl (C=O) groups excluding carboxylic acids is 3. The van der Waals surface area contributed by atoms with Crippen molar-refractivity contribution in [2.45, 2.75) is 24.8 Å². The molecular formula is C21H24Cl2N4O6. The zero-order valence-electron chi connectivity index (χ0n) is 31.1. The lowest BCUT2D eigenvalue weighted by molar-refractivity contribution is -0.142. The minimum atomic E-state index is -3.62. The van der Waals surface area contributed by atoms with Crippen LogP contribution < -0.4 is 22.9 Å². The molecule has 178 valence electrons. The van der Waals surface area contributed by atoms with E-state index in [1.807, 2.05) is 0 Å². The van der Waals surface area contributed by atoms with Gasteiger partial charge >= 0.3 is 11.9 Å². The Morgan fingerprint density at radius 2 is 1.42 bits per heavy atom. The monoisotopic (exact) mass is 513 g/mol. The van der Waals surface area contributed by atoms with Crippen LogP contribution in [-0.4, -0.2) is 47.7 Å². The molecule has 2 aromatic carbocycles. The number of ether oxygens (including phenoxy) is 1. The van der Waals surface area contributed by atoms with Gasteiger partial charge in [-0.1, -0.05) is 23.2 Å². The Balaban J connectivity index is 0.000000487. The number of ketones is 2. The van der Waals surface area contributed by atoms with E-state index in [1.54, 1.807) is 0 Å². The van der Waals surface area contributed by atoms with Gasteiger partial charge in [0.05, 0.1) is 22.1 Å². The number of esters is 1. The highest BCUT2D eigenvalue weighted by molar-refractivity contribution is 6.31. The summed E-state index contributed by atoms with van der Waals surface area (Å²) in [5, 5.41) is 7.72. The molecule has 0 saturated heterocycles. The van der Waals surface area contributed by atoms with Gasteiger partial charge in [-0.25, -0.2) is 0 Å². The molecule has 0 aromatic heterocycles. The van der Waals surface area contributed by atoms with E-state index in [2.05, 4.69) is 4.74 Å². The van der Waals surface area contributed by atoms with Crippen molar-refractivity contribution in [1.82, 2.24) is 0 Å². The smallest absolute Gasteiger partial charge is 0.323 e. The van der Waals surface area contributed by atoms with Crippen LogP contribution >= 0.6 is 23.2 Å². The number of nitrogens with two attached hydrogens (primary N) is 4. The van der Waals surface area contributed by atoms with Gasteiger partial charge in [0, 0.05) is 50.8 Å². The first kappa shape index (κ1) is 12.3. The van der Waals surface area contributed by atoms with E-state index < -0.39 is 124 Å². The van der Waals surface area contributed by atoms with Crippen LogP contribution in [0.3, 0.4) is 0 Å². The maximum absolute atomic E-state index is 12.5. The van der Waals surface area contributed by atoms with Crippen LogP contribution in [0.1, 0.15) is 54.0 Å². The van der Waals surface area contributed by atoms with Crippen molar-refractivity contribution in [3.8, 4) is 0 Å². The molecule has 0 aliphatic rings. The first-order valence-corrected chi connectivity index (χ1v) is 8.74. The Bertz CT molecular complexity index is 1640. The Hall–Kier alpha value is -3.18. The largest absolute Gasteiger partial charge is 0.480 e. The van der Waals surface area contributed by atoms with Crippen molar-refractivity contribution >= 4 is 58.1 Å². The van der Waals surface area contributed by atoms with Crippen LogP contribution in [0, 0.1) is 0 Å². The van der Waals surface area contributed by atoms with Gasteiger partial charge in [0.25, 0.3) is 0 Å². The number of nitrogen functional groups attached to an aromatic ring is 2. The number of Topliss-reactive ketones (excluding diaryl/α,β-unsaturated/α-hetero) is 2. The molecule has 0 fully saturated rings. The number of rotatable bonds is 8. The number of carboxylic acids is 1. The lowest BCUT2D eigenvalue weighted by Gasteiger charge is -2.09. The van der Waals surface area contributed by atoms with E-state index in [0.29, 0.717) is 0 Å². The summed E-state index contributed by atoms with van der Waals surface area (Å²) in [5.41, 5.74) is 17.9. The zero-order valence-corrected chi connectivity index (χ0v) is 17.6. The third-order valence-electron chi connectivity index (χ3n) is 3.12. The average Bonchev–Trinajstić information content (AvgIpc) is 2.96. The molecule has 1 unspecified atom stereocenters. The predicted molar refractivity (Wildman–Crippen MR) is 125 cm³/mol. The van der Waals surface area contributed by atoms with Crippen LogP contribution in [0.5, 0.6) is 0 Å². The van der Waals surface area contributed by atoms with Crippen molar-refractivity contribution in [2.75, 3.05) is 18.5 Å². The average molecular weight is 514 g/mol. The van der Waals surface area contributed by atoms with E-state index in [-0.39, 0.29) is 0 Å². The van der Waals surface area contributed by atoms with Crippen molar-refractivity contribution in [3.63, 3.8) is 0 Å². The fourth-order valence-corrected chi connectivity index (χ4v) is 1.98. The Morgan fingerprint density at radius 3 is 1.82 bits per heavy atom. The third-order valence-corrected chi connectivity index (χ3v) is 3.49. The van der Waals surface area contributed by atoms with E-state index in [4.69, 9.17) is 71.8 Å². The summed E-state index contributed by atoms with van der Waals surface area (Å²) in [4.78, 5) is 47.4. The molecule has 0 radical (unpaired) electrons. The van der Waals surface area contributed by atoms with Gasteiger partial charge in [-0.15, -0.1) is 0 Å². The van der Waals surface area contributed by atoms with Crippen molar-refractivity contribution in [3.05, 3.63) is 57.4 Å². The van der Waals surface area contributed by atoms with E-state index >= 15 is 0 Å². The molecule has 0 saturated carbocycles. The van der Waals surface area contributed by atoms with Crippen LogP contribution in [0.2, 0.25) is 10.0 Å². The standard InChI is InChI=1S/C11H13ClN2O3.C10H11ClN2O3/c1-17-11(16)9(14)5-10(15)7-3-2-6(12)4-8(7)13;11-5-1-2-6(7(12)3-5)9(14)4-8(13)10(15)16/h2-4,9H,5,13-14H2,1H3;1-3,8H,4,12-13H2,(H,15,16)/t9-;/m0./s1/i1D3,2D,3D,4D,5D2,9D;1D,2D,3D,4D2,8D. The predicted octanol–water partition coefficient (Wildman–Crippen LogP) is 1.90. The Labute approximate surface area is 220 Å². The molecule has 12 heteroatoms. The number of methoxy groups -OCH3 is 1. The van der Waals surface area contributed by atoms with E-state index in [9.17, 15) is 19.2 Å². The van der Waals surface area contributed by atoms with Gasteiger partial charge in [-0.05, 0) is 36.3 Å². The van der Waals surface area contributed by atoms with Crippen LogP contribution in [-0.2, 0) is 14.3 Å². The quantitative estimate of drug-likeness (QED) is 0.197. The number of anilines is 2. The summed E-state index contributed by atoms with van der Waals surface area (Å²) in [6.07, 6.45) is -7.08. The lowest BCUT2D eigenvalue weighted by Crippen LogP contribution is -2.34. The topological polar surface area (TPSA) is 202 Å². The molecule has 0 aliphatic carbocycles. The SMILES string of the molecule is [2H]c1c([2H])c(C(=O)C([2H])([2H])C([2H])(N)C(=O)O)c(N)c([2H])c1Cl.[2H]c1c([2H])c(C(=O)C([2H])([2H])[C@]([2H])(N)C(=O)OC([2H])([2H])[2H])c(N)c([2H])c1Cl. The molecule has 10 nitrogen and oxygen atoms in total. The van der Waals surface area contributed by atoms with Gasteiger partial charge in [0.15, 0.2) is 11.6 Å². The fourth-order valence-electron chi connectivity index (χ4n) is 1.68. The van der Waals surface area contributed by atoms with E-state index in [0.717, 1.165) is 0 Å². The maximum Gasteiger partial charge on any atom is 0.323 e. The number of hydrogen-bond donors (Lipinski definition) is 5. The van der Waals surface area contributed by atoms with E-state index in [1.165, 1.54) is 0 Å². The summed E-state index contributed by atoms with van der Waals surface area (Å²) in [6.45, 7) is 0. The molecule has 0 heterocycles. The number of benzene rings is 2. The molecule has 33 heavy (non-hydrogen) atoms. The van der Waals surface area contributed by atoms with Gasteiger partial charge in [0.1, 0.15) is 12.0 Å². The maximum atomic E-state index is 12.5. The number of carboxylic acid groups (broad SMARTS) is 1. The molecule has 2 rings (SSSR count). The third kappa shape index (κ3) is 8.70. The van der Waals surface area contributed by atoms with Crippen LogP contribution in [0.25, 0.3) is 0 Å². The van der Waals surface area contributed by atoms with Crippen molar-refractivity contribution in [1.29, 1.82) is 0 Å². The first-order chi connectivity index (χ1) is 21.2. The second-order valence-electron chi connectivity index (χ2n) is 5.39. The minimum absolute atomic E-state index is 0.511. The summed E-state index contributed by atoms with van der Waals surface area (Å²) in [7, 11) is -3.34. The van der Waals surface area contributed by atoms with Gasteiger partial charge < -0.3 is 32.8 Å². The van der Waals surface area contributed by atoms with Crippen LogP contribution in [0.4, 0.5) is 11.4 Å². The lowest BCUT2D eigenvalue weighted by atomic mass is 10.0. The van der Waals surface area contributed by atoms with Crippen molar-refractivity contribution in [2.24, 2.45) is 11.5 Å². The summed E-state index contributed by atoms with van der Waals surface area (Å²) in [5.74, 6) is -7.64. The zero-order chi connectivity index (χ0) is 38.4. The molecule has 0 spiro atoms. The number of aliphatic carboxylic acids is 1. The molecule has 0 aliphatic heterocycles. The molecule has 9 N–H and O–H groups in total. The van der Waals surface area contributed by atoms with Gasteiger partial charge in [0.2, 0.25) is 0 Å². The Morgan fingerprint density at radius 1 is 1.00 bits per heavy atom. The molecule has 2 atom stereocenters. The second kappa shape index (κ2) is 12.8. The molecule has 0 amide bonds. The summed E-state index contributed by atoms with van der Waals surface area (Å²) in [6, 6.07) is -11.7. The molecular weight excluding hydrogens is 475 g/mol. The molecule has 0 bridgehead atoms. The normalized spacial score (nSPS) is 21.8. The van der Waals surface area contributed by atoms with Crippen LogP contribution in [0.15, 0.2) is 36.3 Å². The highest BCUT2D eigenvalue weighted by atomic mass is 35.5.